The predicted octanol–water partition coefficient (Wildman–Crippen LogP) is 5.65. The summed E-state index contributed by atoms with van der Waals surface area (Å²) in [7, 11) is 1.58. The number of anilines is 1. The van der Waals surface area contributed by atoms with Crippen LogP contribution in [0.5, 0.6) is 5.75 Å². The number of ether oxygens (including phenoxy) is 1. The first-order chi connectivity index (χ1) is 17.9. The van der Waals surface area contributed by atoms with Crippen molar-refractivity contribution < 1.29 is 19.4 Å². The largest absolute Gasteiger partial charge is 0.505 e. The van der Waals surface area contributed by atoms with E-state index in [4.69, 9.17) is 4.74 Å². The minimum absolute atomic E-state index is 0.0158. The Balaban J connectivity index is 1.59. The van der Waals surface area contributed by atoms with Crippen LogP contribution in [0.1, 0.15) is 23.0 Å². The molecule has 1 aliphatic heterocycles. The molecule has 3 aromatic heterocycles. The number of rotatable bonds is 4. The number of halogens is 1. The number of ketones is 1. The van der Waals surface area contributed by atoms with Gasteiger partial charge in [0.25, 0.3) is 5.78 Å². The van der Waals surface area contributed by atoms with Gasteiger partial charge in [-0.05, 0) is 55.0 Å². The van der Waals surface area contributed by atoms with Gasteiger partial charge in [0.05, 0.1) is 34.6 Å². The third-order valence-electron chi connectivity index (χ3n) is 6.35. The standard InChI is InChI=1S/C27H19BrN4O4S/c1-14-22(31-12-4-3-5-20(31)29-14)24(33)21-23(15-6-8-16(28)9-7-15)32(26(35)25(21)34)27-30-18-11-10-17(36-2)13-19(18)37-27/h3-13,23,33H,1-2H3. The molecule has 1 atom stereocenters. The number of carbonyl (C=O) groups excluding carboxylic acids is 2. The van der Waals surface area contributed by atoms with Crippen molar-refractivity contribution in [3.8, 4) is 5.75 Å². The Morgan fingerprint density at radius 3 is 2.62 bits per heavy atom. The Bertz CT molecular complexity index is 1760. The Morgan fingerprint density at radius 1 is 1.08 bits per heavy atom. The highest BCUT2D eigenvalue weighted by atomic mass is 79.9. The summed E-state index contributed by atoms with van der Waals surface area (Å²) in [6, 6.07) is 17.3. The smallest absolute Gasteiger partial charge is 0.301 e. The fourth-order valence-electron chi connectivity index (χ4n) is 4.64. The molecule has 6 rings (SSSR count). The molecular formula is C27H19BrN4O4S. The van der Waals surface area contributed by atoms with E-state index in [9.17, 15) is 14.7 Å². The van der Waals surface area contributed by atoms with E-state index in [0.29, 0.717) is 39.0 Å². The lowest BCUT2D eigenvalue weighted by molar-refractivity contribution is -0.132. The van der Waals surface area contributed by atoms with Crippen molar-refractivity contribution in [2.24, 2.45) is 0 Å². The number of pyridine rings is 1. The fourth-order valence-corrected chi connectivity index (χ4v) is 5.92. The van der Waals surface area contributed by atoms with Crippen molar-refractivity contribution in [1.29, 1.82) is 0 Å². The zero-order valence-electron chi connectivity index (χ0n) is 19.7. The Kier molecular flexibility index (Phi) is 5.58. The average molecular weight is 575 g/mol. The molecule has 2 aromatic carbocycles. The number of nitrogens with zero attached hydrogens (tertiary/aromatic N) is 4. The number of aliphatic hydroxyl groups excluding tert-OH is 1. The molecule has 37 heavy (non-hydrogen) atoms. The molecule has 1 unspecified atom stereocenters. The number of benzene rings is 2. The molecule has 0 aliphatic carbocycles. The topological polar surface area (TPSA) is 97.0 Å². The molecule has 1 fully saturated rings. The van der Waals surface area contributed by atoms with Gasteiger partial charge in [-0.1, -0.05) is 45.5 Å². The highest BCUT2D eigenvalue weighted by Gasteiger charge is 2.48. The number of hydrogen-bond donors (Lipinski definition) is 1. The molecule has 4 heterocycles. The van der Waals surface area contributed by atoms with Gasteiger partial charge in [-0.15, -0.1) is 0 Å². The van der Waals surface area contributed by atoms with E-state index in [0.717, 1.165) is 9.17 Å². The van der Waals surface area contributed by atoms with Gasteiger partial charge in [-0.3, -0.25) is 18.9 Å². The number of carbonyl (C=O) groups is 2. The zero-order valence-corrected chi connectivity index (χ0v) is 22.1. The third-order valence-corrected chi connectivity index (χ3v) is 7.90. The van der Waals surface area contributed by atoms with E-state index >= 15 is 0 Å². The minimum atomic E-state index is -0.885. The molecule has 0 bridgehead atoms. The van der Waals surface area contributed by atoms with E-state index in [1.54, 1.807) is 36.8 Å². The second kappa shape index (κ2) is 8.82. The van der Waals surface area contributed by atoms with Gasteiger partial charge in [0.1, 0.15) is 17.1 Å². The molecular weight excluding hydrogens is 556 g/mol. The van der Waals surface area contributed by atoms with Crippen LogP contribution in [-0.2, 0) is 9.59 Å². The van der Waals surface area contributed by atoms with Crippen molar-refractivity contribution in [2.45, 2.75) is 13.0 Å². The summed E-state index contributed by atoms with van der Waals surface area (Å²) < 4.78 is 8.69. The van der Waals surface area contributed by atoms with Crippen LogP contribution in [0.25, 0.3) is 21.6 Å². The van der Waals surface area contributed by atoms with Gasteiger partial charge in [0, 0.05) is 10.7 Å². The number of aliphatic hydroxyl groups is 1. The van der Waals surface area contributed by atoms with Crippen LogP contribution in [0.4, 0.5) is 5.13 Å². The van der Waals surface area contributed by atoms with E-state index < -0.39 is 17.7 Å². The fraction of sp³-hybridized carbons (Fsp3) is 0.111. The molecule has 1 aliphatic rings. The van der Waals surface area contributed by atoms with Crippen molar-refractivity contribution in [3.05, 3.63) is 93.9 Å². The van der Waals surface area contributed by atoms with Crippen LogP contribution in [0.2, 0.25) is 0 Å². The summed E-state index contributed by atoms with van der Waals surface area (Å²) in [5, 5.41) is 12.0. The highest BCUT2D eigenvalue weighted by Crippen LogP contribution is 2.45. The number of methoxy groups -OCH3 is 1. The van der Waals surface area contributed by atoms with Crippen LogP contribution in [0, 0.1) is 6.92 Å². The molecule has 0 saturated carbocycles. The lowest BCUT2D eigenvalue weighted by atomic mass is 9.96. The number of aryl methyl sites for hydroxylation is 1. The lowest BCUT2D eigenvalue weighted by Gasteiger charge is -2.23. The normalized spacial score (nSPS) is 17.3. The monoisotopic (exact) mass is 574 g/mol. The SMILES string of the molecule is COc1ccc2nc(N3C(=O)C(=O)C(=C(O)c4c(C)nc5ccccn45)C3c3ccc(Br)cc3)sc2c1. The maximum Gasteiger partial charge on any atom is 0.301 e. The van der Waals surface area contributed by atoms with Gasteiger partial charge in [0.2, 0.25) is 0 Å². The van der Waals surface area contributed by atoms with E-state index in [2.05, 4.69) is 25.9 Å². The van der Waals surface area contributed by atoms with Crippen LogP contribution in [0.3, 0.4) is 0 Å². The minimum Gasteiger partial charge on any atom is -0.505 e. The number of thiazole rings is 1. The summed E-state index contributed by atoms with van der Waals surface area (Å²) in [4.78, 5) is 37.6. The molecule has 1 saturated heterocycles. The highest BCUT2D eigenvalue weighted by molar-refractivity contribution is 9.10. The van der Waals surface area contributed by atoms with Crippen molar-refractivity contribution >= 4 is 65.7 Å². The zero-order chi connectivity index (χ0) is 25.8. The van der Waals surface area contributed by atoms with Crippen LogP contribution in [0.15, 0.2) is 76.9 Å². The van der Waals surface area contributed by atoms with E-state index in [1.807, 2.05) is 48.5 Å². The molecule has 8 nitrogen and oxygen atoms in total. The van der Waals surface area contributed by atoms with Gasteiger partial charge in [-0.2, -0.15) is 0 Å². The summed E-state index contributed by atoms with van der Waals surface area (Å²) in [6.07, 6.45) is 1.76. The number of fused-ring (bicyclic) bond motifs is 2. The van der Waals surface area contributed by atoms with E-state index in [-0.39, 0.29) is 11.3 Å². The summed E-state index contributed by atoms with van der Waals surface area (Å²) in [6.45, 7) is 1.76. The molecule has 0 radical (unpaired) electrons. The van der Waals surface area contributed by atoms with E-state index in [1.165, 1.54) is 16.2 Å². The summed E-state index contributed by atoms with van der Waals surface area (Å²) in [5.74, 6) is -1.16. The summed E-state index contributed by atoms with van der Waals surface area (Å²) >= 11 is 4.72. The van der Waals surface area contributed by atoms with Crippen molar-refractivity contribution in [3.63, 3.8) is 0 Å². The number of amides is 1. The second-order valence-corrected chi connectivity index (χ2v) is 10.5. The van der Waals surface area contributed by atoms with Crippen molar-refractivity contribution in [2.75, 3.05) is 12.0 Å². The maximum absolute atomic E-state index is 13.5. The number of hydrogen-bond acceptors (Lipinski definition) is 7. The quantitative estimate of drug-likeness (QED) is 0.169. The predicted molar refractivity (Wildman–Crippen MR) is 145 cm³/mol. The van der Waals surface area contributed by atoms with Crippen molar-refractivity contribution in [1.82, 2.24) is 14.4 Å². The van der Waals surface area contributed by atoms with Crippen LogP contribution >= 0.6 is 27.3 Å². The number of aromatic nitrogens is 3. The first-order valence-corrected chi connectivity index (χ1v) is 12.9. The number of imidazole rings is 1. The summed E-state index contributed by atoms with van der Waals surface area (Å²) in [5.41, 5.74) is 2.84. The molecule has 1 N–H and O–H groups in total. The molecule has 10 heteroatoms. The molecule has 5 aromatic rings. The van der Waals surface area contributed by atoms with Crippen LogP contribution in [-0.4, -0.2) is 38.3 Å². The molecule has 0 spiro atoms. The van der Waals surface area contributed by atoms with Gasteiger partial charge < -0.3 is 9.84 Å². The first kappa shape index (κ1) is 23.4. The average Bonchev–Trinajstić information content (AvgIpc) is 3.54. The second-order valence-electron chi connectivity index (χ2n) is 8.53. The van der Waals surface area contributed by atoms with Gasteiger partial charge >= 0.3 is 5.91 Å². The van der Waals surface area contributed by atoms with Gasteiger partial charge in [0.15, 0.2) is 10.9 Å². The molecule has 184 valence electrons. The first-order valence-electron chi connectivity index (χ1n) is 11.3. The Labute approximate surface area is 223 Å². The Hall–Kier alpha value is -4.02. The maximum atomic E-state index is 13.5. The Morgan fingerprint density at radius 2 is 1.86 bits per heavy atom. The lowest BCUT2D eigenvalue weighted by Crippen LogP contribution is -2.29. The van der Waals surface area contributed by atoms with Crippen LogP contribution < -0.4 is 9.64 Å². The third kappa shape index (κ3) is 3.71. The molecule has 1 amide bonds. The van der Waals surface area contributed by atoms with Gasteiger partial charge in [-0.25, -0.2) is 9.97 Å². The number of Topliss-reactive ketones (excluding diaryl/α,β-unsaturated/α-hetero) is 1.